The lowest BCUT2D eigenvalue weighted by atomic mass is 9.88. The summed E-state index contributed by atoms with van der Waals surface area (Å²) in [5.41, 5.74) is -4.53. The minimum absolute atomic E-state index is 0.0150. The number of alkyl halides is 5. The van der Waals surface area contributed by atoms with Crippen LogP contribution in [0.15, 0.2) is 42.3 Å². The van der Waals surface area contributed by atoms with Gasteiger partial charge < -0.3 is 14.8 Å². The summed E-state index contributed by atoms with van der Waals surface area (Å²) < 4.78 is 62.0. The molecule has 4 rings (SSSR count). The van der Waals surface area contributed by atoms with Gasteiger partial charge in [-0.2, -0.15) is 0 Å². The second-order valence-corrected chi connectivity index (χ2v) is 8.76. The summed E-state index contributed by atoms with van der Waals surface area (Å²) in [5.74, 6) is -2.57. The van der Waals surface area contributed by atoms with Crippen LogP contribution >= 0.6 is 11.6 Å². The van der Waals surface area contributed by atoms with E-state index in [0.29, 0.717) is 6.42 Å². The van der Waals surface area contributed by atoms with E-state index in [1.54, 1.807) is 0 Å². The Balaban J connectivity index is 1.69. The number of aromatic nitrogens is 2. The summed E-state index contributed by atoms with van der Waals surface area (Å²) in [7, 11) is 0. The van der Waals surface area contributed by atoms with Crippen LogP contribution in [0.3, 0.4) is 0 Å². The maximum absolute atomic E-state index is 14.1. The summed E-state index contributed by atoms with van der Waals surface area (Å²) >= 11 is 5.47. The van der Waals surface area contributed by atoms with Crippen LogP contribution in [0.25, 0.3) is 0 Å². The molecule has 8 nitrogen and oxygen atoms in total. The quantitative estimate of drug-likeness (QED) is 0.453. The third-order valence-electron chi connectivity index (χ3n) is 6.19. The number of halogens is 5. The second kappa shape index (κ2) is 9.14. The van der Waals surface area contributed by atoms with E-state index in [9.17, 15) is 27.2 Å². The van der Waals surface area contributed by atoms with Crippen LogP contribution in [0.1, 0.15) is 38.2 Å². The van der Waals surface area contributed by atoms with E-state index in [1.165, 1.54) is 25.6 Å². The van der Waals surface area contributed by atoms with Gasteiger partial charge in [0.15, 0.2) is 5.54 Å². The molecule has 2 fully saturated rings. The molecule has 2 aliphatic heterocycles. The van der Waals surface area contributed by atoms with Crippen molar-refractivity contribution in [3.63, 3.8) is 0 Å². The zero-order valence-corrected chi connectivity index (χ0v) is 18.6. The highest BCUT2D eigenvalue weighted by molar-refractivity contribution is 6.29. The average Bonchev–Trinajstić information content (AvgIpc) is 3.51. The van der Waals surface area contributed by atoms with Gasteiger partial charge in [-0.15, -0.1) is 13.2 Å². The van der Waals surface area contributed by atoms with Gasteiger partial charge in [0, 0.05) is 30.1 Å². The van der Waals surface area contributed by atoms with Gasteiger partial charge >= 0.3 is 6.36 Å². The monoisotopic (exact) mass is 504 g/mol. The second-order valence-electron chi connectivity index (χ2n) is 8.38. The standard InChI is InChI=1S/C21H21ClF4N4O4/c1-20(11-8-27-10-28-9-11,19(32)29-15-7-13-4-5-16(15)33-13)30(18(31)17(22)23)12-2-3-14(6-12)34-21(24,25)26/h2-3,8-10,13,15-17H,4-7H2,1H3,(H,29,32)/t13-,15-,16+,17+,20+/m1/s1. The largest absolute Gasteiger partial charge is 0.572 e. The molecule has 0 unspecified atom stereocenters. The summed E-state index contributed by atoms with van der Waals surface area (Å²) in [6.07, 6.45) is 2.40. The van der Waals surface area contributed by atoms with Gasteiger partial charge in [0.05, 0.1) is 18.2 Å². The first-order valence-corrected chi connectivity index (χ1v) is 10.9. The third kappa shape index (κ3) is 4.74. The molecule has 1 aromatic heterocycles. The zero-order chi connectivity index (χ0) is 24.7. The van der Waals surface area contributed by atoms with Crippen molar-refractivity contribution in [3.8, 4) is 0 Å². The molecule has 2 amide bonds. The lowest BCUT2D eigenvalue weighted by molar-refractivity contribution is -0.306. The van der Waals surface area contributed by atoms with Gasteiger partial charge in [0.1, 0.15) is 12.1 Å². The normalized spacial score (nSPS) is 26.4. The van der Waals surface area contributed by atoms with E-state index in [0.717, 1.165) is 29.9 Å². The van der Waals surface area contributed by atoms with Crippen molar-refractivity contribution in [3.05, 3.63) is 47.9 Å². The highest BCUT2D eigenvalue weighted by Crippen LogP contribution is 2.40. The number of carbonyl (C=O) groups excluding carboxylic acids is 2. The molecular formula is C21H21ClF4N4O4. The number of amides is 2. The van der Waals surface area contributed by atoms with Crippen molar-refractivity contribution in [1.29, 1.82) is 0 Å². The Bertz CT molecular complexity index is 1020. The van der Waals surface area contributed by atoms with Crippen LogP contribution in [-0.2, 0) is 24.6 Å². The third-order valence-corrected chi connectivity index (χ3v) is 6.38. The van der Waals surface area contributed by atoms with E-state index in [2.05, 4.69) is 20.0 Å². The zero-order valence-electron chi connectivity index (χ0n) is 17.9. The van der Waals surface area contributed by atoms with Crippen molar-refractivity contribution in [2.24, 2.45) is 0 Å². The molecule has 0 radical (unpaired) electrons. The molecule has 13 heteroatoms. The van der Waals surface area contributed by atoms with Crippen molar-refractivity contribution >= 4 is 23.4 Å². The summed E-state index contributed by atoms with van der Waals surface area (Å²) in [6.45, 7) is 1.33. The van der Waals surface area contributed by atoms with Crippen molar-refractivity contribution < 1.29 is 36.6 Å². The minimum atomic E-state index is -4.96. The molecular weight excluding hydrogens is 484 g/mol. The van der Waals surface area contributed by atoms with Crippen LogP contribution in [0.5, 0.6) is 0 Å². The summed E-state index contributed by atoms with van der Waals surface area (Å²) in [4.78, 5) is 35.2. The first-order chi connectivity index (χ1) is 16.0. The van der Waals surface area contributed by atoms with Gasteiger partial charge in [0.25, 0.3) is 17.4 Å². The number of nitrogens with one attached hydrogen (secondary N) is 1. The summed E-state index contributed by atoms with van der Waals surface area (Å²) in [6, 6.07) is -0.343. The maximum atomic E-state index is 14.1. The minimum Gasteiger partial charge on any atom is -0.410 e. The number of fused-ring (bicyclic) bond motifs is 2. The number of nitrogens with zero attached hydrogens (tertiary/aromatic N) is 3. The van der Waals surface area contributed by atoms with Crippen LogP contribution < -0.4 is 5.32 Å². The number of hydrogen-bond donors (Lipinski definition) is 1. The topological polar surface area (TPSA) is 93.6 Å². The van der Waals surface area contributed by atoms with Crippen molar-refractivity contribution in [2.75, 3.05) is 0 Å². The van der Waals surface area contributed by atoms with E-state index in [4.69, 9.17) is 16.3 Å². The van der Waals surface area contributed by atoms with Crippen molar-refractivity contribution in [1.82, 2.24) is 20.2 Å². The first kappa shape index (κ1) is 24.4. The van der Waals surface area contributed by atoms with Gasteiger partial charge in [-0.05, 0) is 38.3 Å². The first-order valence-electron chi connectivity index (χ1n) is 10.5. The lowest BCUT2D eigenvalue weighted by Crippen LogP contribution is -2.59. The Morgan fingerprint density at radius 2 is 1.97 bits per heavy atom. The molecule has 3 heterocycles. The molecule has 1 aromatic rings. The fraction of sp³-hybridized carbons (Fsp3) is 0.524. The maximum Gasteiger partial charge on any atom is 0.572 e. The molecule has 184 valence electrons. The predicted molar refractivity (Wildman–Crippen MR) is 109 cm³/mol. The van der Waals surface area contributed by atoms with Crippen molar-refractivity contribution in [2.45, 2.75) is 68.4 Å². The van der Waals surface area contributed by atoms with Crippen LogP contribution in [0, 0.1) is 0 Å². The van der Waals surface area contributed by atoms with Gasteiger partial charge in [-0.1, -0.05) is 11.6 Å². The Morgan fingerprint density at radius 3 is 2.53 bits per heavy atom. The summed E-state index contributed by atoms with van der Waals surface area (Å²) in [5, 5.41) is 2.86. The fourth-order valence-electron chi connectivity index (χ4n) is 4.62. The molecule has 5 atom stereocenters. The van der Waals surface area contributed by atoms with Gasteiger partial charge in [0.2, 0.25) is 0 Å². The number of hydrogen-bond acceptors (Lipinski definition) is 6. The van der Waals surface area contributed by atoms with Crippen LogP contribution in [0.4, 0.5) is 17.6 Å². The van der Waals surface area contributed by atoms with E-state index in [1.807, 2.05) is 0 Å². The molecule has 0 spiro atoms. The number of allylic oxidation sites excluding steroid dienone is 2. The van der Waals surface area contributed by atoms with E-state index in [-0.39, 0.29) is 29.5 Å². The average molecular weight is 505 g/mol. The number of ether oxygens (including phenoxy) is 2. The molecule has 0 saturated carbocycles. The molecule has 3 aliphatic rings. The highest BCUT2D eigenvalue weighted by atomic mass is 35.5. The highest BCUT2D eigenvalue weighted by Gasteiger charge is 2.51. The fourth-order valence-corrected chi connectivity index (χ4v) is 4.71. The Morgan fingerprint density at radius 1 is 1.26 bits per heavy atom. The Kier molecular flexibility index (Phi) is 6.56. The van der Waals surface area contributed by atoms with Gasteiger partial charge in [-0.25, -0.2) is 14.4 Å². The Labute approximate surface area is 197 Å². The molecule has 0 aromatic carbocycles. The number of rotatable bonds is 7. The lowest BCUT2D eigenvalue weighted by Gasteiger charge is -2.41. The molecule has 2 saturated heterocycles. The SMILES string of the molecule is C[C@@](C(=O)N[C@@H]1C[C@H]2CC[C@@H]1O2)(c1cncnc1)N(C(=O)[C@H](F)Cl)C1=CC=C(OC(F)(F)F)C1. The Hall–Kier alpha value is -2.73. The molecule has 1 aliphatic carbocycles. The van der Waals surface area contributed by atoms with Crippen LogP contribution in [0.2, 0.25) is 0 Å². The molecule has 2 bridgehead atoms. The molecule has 34 heavy (non-hydrogen) atoms. The number of carbonyl (C=O) groups is 2. The van der Waals surface area contributed by atoms with Crippen LogP contribution in [-0.4, -0.2) is 56.9 Å². The van der Waals surface area contributed by atoms with E-state index < -0.39 is 41.5 Å². The molecule has 1 N–H and O–H groups in total. The predicted octanol–water partition coefficient (Wildman–Crippen LogP) is 3.20. The van der Waals surface area contributed by atoms with Gasteiger partial charge in [-0.3, -0.25) is 14.5 Å². The smallest absolute Gasteiger partial charge is 0.410 e. The van der Waals surface area contributed by atoms with E-state index >= 15 is 0 Å².